The van der Waals surface area contributed by atoms with Crippen molar-refractivity contribution in [1.82, 2.24) is 9.97 Å². The summed E-state index contributed by atoms with van der Waals surface area (Å²) in [4.78, 5) is 7.57. The number of H-pyrrole nitrogens is 1. The SMILES string of the molecule is Cc1nc(CC(C)(C)N)[nH]c1C. The Morgan fingerprint density at radius 1 is 1.42 bits per heavy atom. The molecule has 0 fully saturated rings. The van der Waals surface area contributed by atoms with E-state index in [1.54, 1.807) is 0 Å². The Morgan fingerprint density at radius 2 is 2.00 bits per heavy atom. The van der Waals surface area contributed by atoms with Gasteiger partial charge in [0.1, 0.15) is 5.82 Å². The van der Waals surface area contributed by atoms with Crippen molar-refractivity contribution < 1.29 is 0 Å². The molecule has 1 heterocycles. The minimum atomic E-state index is -0.184. The average Bonchev–Trinajstić information content (AvgIpc) is 2.07. The van der Waals surface area contributed by atoms with Gasteiger partial charge in [0.25, 0.3) is 0 Å². The summed E-state index contributed by atoms with van der Waals surface area (Å²) in [6, 6.07) is 0. The first-order valence-corrected chi connectivity index (χ1v) is 4.19. The van der Waals surface area contributed by atoms with Crippen molar-refractivity contribution in [3.05, 3.63) is 17.2 Å². The van der Waals surface area contributed by atoms with E-state index in [9.17, 15) is 0 Å². The Labute approximate surface area is 73.4 Å². The monoisotopic (exact) mass is 167 g/mol. The number of aromatic amines is 1. The smallest absolute Gasteiger partial charge is 0.108 e. The summed E-state index contributed by atoms with van der Waals surface area (Å²) in [6.07, 6.45) is 0.793. The summed E-state index contributed by atoms with van der Waals surface area (Å²) in [7, 11) is 0. The number of hydrogen-bond donors (Lipinski definition) is 2. The Hall–Kier alpha value is -0.830. The molecule has 0 atom stereocenters. The summed E-state index contributed by atoms with van der Waals surface area (Å²) >= 11 is 0. The van der Waals surface area contributed by atoms with E-state index in [0.717, 1.165) is 23.6 Å². The van der Waals surface area contributed by atoms with Crippen LogP contribution in [0.25, 0.3) is 0 Å². The third-order valence-corrected chi connectivity index (χ3v) is 1.80. The van der Waals surface area contributed by atoms with E-state index in [1.807, 2.05) is 27.7 Å². The number of rotatable bonds is 2. The standard InChI is InChI=1S/C9H17N3/c1-6-7(2)12-8(11-6)5-9(3,4)10/h5,10H2,1-4H3,(H,11,12). The number of aromatic nitrogens is 2. The van der Waals surface area contributed by atoms with Gasteiger partial charge in [-0.15, -0.1) is 0 Å². The molecule has 0 radical (unpaired) electrons. The fourth-order valence-corrected chi connectivity index (χ4v) is 1.14. The van der Waals surface area contributed by atoms with Crippen LogP contribution in [0.15, 0.2) is 0 Å². The lowest BCUT2D eigenvalue weighted by Crippen LogP contribution is -2.34. The predicted octanol–water partition coefficient (Wildman–Crippen LogP) is 1.31. The van der Waals surface area contributed by atoms with Gasteiger partial charge in [-0.1, -0.05) is 0 Å². The molecule has 0 saturated heterocycles. The van der Waals surface area contributed by atoms with E-state index >= 15 is 0 Å². The molecule has 0 saturated carbocycles. The zero-order valence-corrected chi connectivity index (χ0v) is 8.23. The highest BCUT2D eigenvalue weighted by molar-refractivity contribution is 5.11. The van der Waals surface area contributed by atoms with E-state index in [2.05, 4.69) is 9.97 Å². The molecule has 1 aromatic rings. The molecule has 0 spiro atoms. The summed E-state index contributed by atoms with van der Waals surface area (Å²) in [6.45, 7) is 8.02. The molecule has 0 aliphatic rings. The van der Waals surface area contributed by atoms with Gasteiger partial charge in [-0.25, -0.2) is 4.98 Å². The first kappa shape index (κ1) is 9.26. The molecule has 3 heteroatoms. The van der Waals surface area contributed by atoms with Crippen molar-refractivity contribution in [2.45, 2.75) is 39.7 Å². The van der Waals surface area contributed by atoms with Gasteiger partial charge in [-0.05, 0) is 27.7 Å². The third-order valence-electron chi connectivity index (χ3n) is 1.80. The molecular weight excluding hydrogens is 150 g/mol. The normalized spacial score (nSPS) is 12.1. The lowest BCUT2D eigenvalue weighted by molar-refractivity contribution is 0.504. The van der Waals surface area contributed by atoms with E-state index in [-0.39, 0.29) is 5.54 Å². The van der Waals surface area contributed by atoms with Gasteiger partial charge in [0.05, 0.1) is 5.69 Å². The molecule has 0 aliphatic carbocycles. The maximum Gasteiger partial charge on any atom is 0.108 e. The van der Waals surface area contributed by atoms with Crippen molar-refractivity contribution in [2.75, 3.05) is 0 Å². The first-order chi connectivity index (χ1) is 5.38. The predicted molar refractivity (Wildman–Crippen MR) is 50.0 cm³/mol. The fourth-order valence-electron chi connectivity index (χ4n) is 1.14. The molecule has 3 N–H and O–H groups in total. The summed E-state index contributed by atoms with van der Waals surface area (Å²) in [5.74, 6) is 0.984. The minimum Gasteiger partial charge on any atom is -0.346 e. The lowest BCUT2D eigenvalue weighted by Gasteiger charge is -2.15. The van der Waals surface area contributed by atoms with Crippen LogP contribution in [0.2, 0.25) is 0 Å². The van der Waals surface area contributed by atoms with Gasteiger partial charge < -0.3 is 10.7 Å². The van der Waals surface area contributed by atoms with E-state index in [1.165, 1.54) is 0 Å². The molecular formula is C9H17N3. The lowest BCUT2D eigenvalue weighted by atomic mass is 10.0. The summed E-state index contributed by atoms with van der Waals surface area (Å²) in [5, 5.41) is 0. The average molecular weight is 167 g/mol. The highest BCUT2D eigenvalue weighted by atomic mass is 14.9. The van der Waals surface area contributed by atoms with Gasteiger partial charge in [0.2, 0.25) is 0 Å². The van der Waals surface area contributed by atoms with E-state index in [4.69, 9.17) is 5.73 Å². The minimum absolute atomic E-state index is 0.184. The van der Waals surface area contributed by atoms with Gasteiger partial charge in [-0.2, -0.15) is 0 Å². The Bertz CT molecular complexity index is 248. The number of aryl methyl sites for hydroxylation is 2. The number of nitrogens with one attached hydrogen (secondary N) is 1. The van der Waals surface area contributed by atoms with Crippen LogP contribution in [-0.4, -0.2) is 15.5 Å². The summed E-state index contributed by atoms with van der Waals surface area (Å²) in [5.41, 5.74) is 7.88. The van der Waals surface area contributed by atoms with Crippen LogP contribution in [0.3, 0.4) is 0 Å². The van der Waals surface area contributed by atoms with Crippen LogP contribution < -0.4 is 5.73 Å². The Kier molecular flexibility index (Phi) is 2.24. The van der Waals surface area contributed by atoms with Gasteiger partial charge >= 0.3 is 0 Å². The maximum absolute atomic E-state index is 5.87. The number of hydrogen-bond acceptors (Lipinski definition) is 2. The van der Waals surface area contributed by atoms with Gasteiger partial charge in [-0.3, -0.25) is 0 Å². The van der Waals surface area contributed by atoms with Crippen LogP contribution in [0, 0.1) is 13.8 Å². The first-order valence-electron chi connectivity index (χ1n) is 4.19. The highest BCUT2D eigenvalue weighted by Crippen LogP contribution is 2.09. The molecule has 3 nitrogen and oxygen atoms in total. The van der Waals surface area contributed by atoms with Crippen molar-refractivity contribution in [2.24, 2.45) is 5.73 Å². The molecule has 1 aromatic heterocycles. The molecule has 0 unspecified atom stereocenters. The third kappa shape index (κ3) is 2.34. The second-order valence-electron chi connectivity index (χ2n) is 4.06. The van der Waals surface area contributed by atoms with E-state index < -0.39 is 0 Å². The Morgan fingerprint density at radius 3 is 2.33 bits per heavy atom. The number of nitrogens with two attached hydrogens (primary N) is 1. The van der Waals surface area contributed by atoms with Crippen molar-refractivity contribution >= 4 is 0 Å². The van der Waals surface area contributed by atoms with Crippen LogP contribution in [0.4, 0.5) is 0 Å². The molecule has 0 bridgehead atoms. The second kappa shape index (κ2) is 2.90. The fraction of sp³-hybridized carbons (Fsp3) is 0.667. The van der Waals surface area contributed by atoms with Crippen molar-refractivity contribution in [3.8, 4) is 0 Å². The van der Waals surface area contributed by atoms with Gasteiger partial charge in [0.15, 0.2) is 0 Å². The van der Waals surface area contributed by atoms with Crippen molar-refractivity contribution in [1.29, 1.82) is 0 Å². The molecule has 0 amide bonds. The zero-order valence-electron chi connectivity index (χ0n) is 8.23. The quantitative estimate of drug-likeness (QED) is 0.697. The number of nitrogens with zero attached hydrogens (tertiary/aromatic N) is 1. The second-order valence-corrected chi connectivity index (χ2v) is 4.06. The number of imidazole rings is 1. The van der Waals surface area contributed by atoms with Crippen LogP contribution >= 0.6 is 0 Å². The molecule has 1 rings (SSSR count). The molecule has 12 heavy (non-hydrogen) atoms. The van der Waals surface area contributed by atoms with Crippen molar-refractivity contribution in [3.63, 3.8) is 0 Å². The van der Waals surface area contributed by atoms with Crippen LogP contribution in [0.5, 0.6) is 0 Å². The molecule has 0 aromatic carbocycles. The maximum atomic E-state index is 5.87. The molecule has 68 valence electrons. The highest BCUT2D eigenvalue weighted by Gasteiger charge is 2.14. The van der Waals surface area contributed by atoms with Crippen LogP contribution in [0.1, 0.15) is 31.1 Å². The van der Waals surface area contributed by atoms with Gasteiger partial charge in [0, 0.05) is 17.7 Å². The van der Waals surface area contributed by atoms with E-state index in [0.29, 0.717) is 0 Å². The zero-order chi connectivity index (χ0) is 9.35. The molecule has 0 aliphatic heterocycles. The Balaban J connectivity index is 2.77. The summed E-state index contributed by atoms with van der Waals surface area (Å²) < 4.78 is 0. The van der Waals surface area contributed by atoms with Crippen LogP contribution in [-0.2, 0) is 6.42 Å². The topological polar surface area (TPSA) is 54.7 Å². The largest absolute Gasteiger partial charge is 0.346 e.